The van der Waals surface area contributed by atoms with Crippen LogP contribution >= 0.6 is 0 Å². The monoisotopic (exact) mass is 352 g/mol. The third kappa shape index (κ3) is 3.53. The number of imidazole rings is 1. The molecule has 26 heavy (non-hydrogen) atoms. The summed E-state index contributed by atoms with van der Waals surface area (Å²) in [5.74, 6) is 1.42. The fraction of sp³-hybridized carbons (Fsp3) is 0.474. The van der Waals surface area contributed by atoms with Gasteiger partial charge in [0.2, 0.25) is 0 Å². The van der Waals surface area contributed by atoms with Crippen LogP contribution in [0.25, 0.3) is 11.3 Å². The van der Waals surface area contributed by atoms with Crippen molar-refractivity contribution in [2.24, 2.45) is 13.0 Å². The van der Waals surface area contributed by atoms with Crippen molar-refractivity contribution >= 4 is 0 Å². The zero-order valence-electron chi connectivity index (χ0n) is 15.5. The minimum absolute atomic E-state index is 0.617. The van der Waals surface area contributed by atoms with Gasteiger partial charge in [0.15, 0.2) is 0 Å². The number of hydrogen-bond donors (Lipinski definition) is 0. The van der Waals surface area contributed by atoms with E-state index in [0.717, 1.165) is 60.2 Å². The quantitative estimate of drug-likeness (QED) is 0.703. The molecule has 7 heteroatoms. The second-order valence-electron chi connectivity index (χ2n) is 7.22. The van der Waals surface area contributed by atoms with Crippen LogP contribution in [0.3, 0.4) is 0 Å². The molecule has 3 aromatic heterocycles. The van der Waals surface area contributed by atoms with Crippen LogP contribution in [0.15, 0.2) is 29.4 Å². The summed E-state index contributed by atoms with van der Waals surface area (Å²) in [6, 6.07) is 2.08. The molecule has 136 valence electrons. The van der Waals surface area contributed by atoms with E-state index in [0.29, 0.717) is 5.92 Å². The highest BCUT2D eigenvalue weighted by atomic mass is 16.5. The Balaban J connectivity index is 1.41. The molecular weight excluding hydrogens is 328 g/mol. The Bertz CT molecular complexity index is 880. The molecule has 1 fully saturated rings. The van der Waals surface area contributed by atoms with E-state index >= 15 is 0 Å². The lowest BCUT2D eigenvalue weighted by atomic mass is 10.0. The predicted octanol–water partition coefficient (Wildman–Crippen LogP) is 2.55. The minimum atomic E-state index is 0.617. The van der Waals surface area contributed by atoms with Gasteiger partial charge in [-0.2, -0.15) is 0 Å². The van der Waals surface area contributed by atoms with Crippen molar-refractivity contribution in [1.29, 1.82) is 0 Å². The van der Waals surface area contributed by atoms with Crippen LogP contribution in [0.4, 0.5) is 0 Å². The van der Waals surface area contributed by atoms with Gasteiger partial charge in [0.05, 0.1) is 29.0 Å². The number of aryl methyl sites for hydroxylation is 3. The van der Waals surface area contributed by atoms with Crippen molar-refractivity contribution in [3.63, 3.8) is 0 Å². The maximum Gasteiger partial charge on any atom is 0.143 e. The lowest BCUT2D eigenvalue weighted by Crippen LogP contribution is -2.21. The molecule has 7 nitrogen and oxygen atoms in total. The van der Waals surface area contributed by atoms with E-state index in [1.54, 1.807) is 6.33 Å². The second kappa shape index (κ2) is 6.99. The summed E-state index contributed by atoms with van der Waals surface area (Å²) < 4.78 is 7.27. The molecule has 0 saturated carbocycles. The molecule has 1 atom stereocenters. The van der Waals surface area contributed by atoms with Gasteiger partial charge in [-0.3, -0.25) is 4.90 Å². The summed E-state index contributed by atoms with van der Waals surface area (Å²) >= 11 is 0. The predicted molar refractivity (Wildman–Crippen MR) is 97.3 cm³/mol. The highest BCUT2D eigenvalue weighted by molar-refractivity contribution is 5.63. The molecule has 0 spiro atoms. The maximum absolute atomic E-state index is 5.27. The number of rotatable bonds is 5. The fourth-order valence-corrected chi connectivity index (χ4v) is 3.79. The van der Waals surface area contributed by atoms with E-state index in [2.05, 4.69) is 37.3 Å². The number of nitrogens with zero attached hydrogens (tertiary/aromatic N) is 6. The van der Waals surface area contributed by atoms with Gasteiger partial charge in [0.1, 0.15) is 12.1 Å². The van der Waals surface area contributed by atoms with E-state index in [9.17, 15) is 0 Å². The molecule has 0 N–H and O–H groups in total. The van der Waals surface area contributed by atoms with E-state index in [-0.39, 0.29) is 0 Å². The SMILES string of the molecule is Cc1noc(C)c1-c1cc(CC2CCN(Cc3cn(C)cn3)C2)ncn1. The third-order valence-corrected chi connectivity index (χ3v) is 5.02. The maximum atomic E-state index is 5.27. The summed E-state index contributed by atoms with van der Waals surface area (Å²) in [7, 11) is 2.01. The molecule has 3 aromatic rings. The van der Waals surface area contributed by atoms with Gasteiger partial charge in [0, 0.05) is 32.0 Å². The molecule has 1 aliphatic rings. The zero-order valence-corrected chi connectivity index (χ0v) is 15.5. The largest absolute Gasteiger partial charge is 0.361 e. The van der Waals surface area contributed by atoms with Crippen molar-refractivity contribution < 1.29 is 4.52 Å². The van der Waals surface area contributed by atoms with Gasteiger partial charge in [-0.15, -0.1) is 0 Å². The van der Waals surface area contributed by atoms with Crippen molar-refractivity contribution in [3.05, 3.63) is 47.8 Å². The van der Waals surface area contributed by atoms with Crippen LogP contribution < -0.4 is 0 Å². The summed E-state index contributed by atoms with van der Waals surface area (Å²) in [4.78, 5) is 15.8. The lowest BCUT2D eigenvalue weighted by Gasteiger charge is -2.14. The Kier molecular flexibility index (Phi) is 4.55. The minimum Gasteiger partial charge on any atom is -0.361 e. The highest BCUT2D eigenvalue weighted by Crippen LogP contribution is 2.27. The Morgan fingerprint density at radius 2 is 2.08 bits per heavy atom. The first kappa shape index (κ1) is 16.9. The normalized spacial score (nSPS) is 17.9. The lowest BCUT2D eigenvalue weighted by molar-refractivity contribution is 0.312. The smallest absolute Gasteiger partial charge is 0.143 e. The van der Waals surface area contributed by atoms with Crippen molar-refractivity contribution in [2.75, 3.05) is 13.1 Å². The zero-order chi connectivity index (χ0) is 18.1. The van der Waals surface area contributed by atoms with Crippen LogP contribution in [0, 0.1) is 19.8 Å². The van der Waals surface area contributed by atoms with Crippen molar-refractivity contribution in [1.82, 2.24) is 29.6 Å². The molecule has 4 heterocycles. The Hall–Kier alpha value is -2.54. The van der Waals surface area contributed by atoms with Gasteiger partial charge >= 0.3 is 0 Å². The van der Waals surface area contributed by atoms with Gasteiger partial charge in [-0.25, -0.2) is 15.0 Å². The van der Waals surface area contributed by atoms with Crippen molar-refractivity contribution in [2.45, 2.75) is 33.2 Å². The molecule has 0 radical (unpaired) electrons. The first-order valence-electron chi connectivity index (χ1n) is 9.02. The second-order valence-corrected chi connectivity index (χ2v) is 7.22. The third-order valence-electron chi connectivity index (χ3n) is 5.02. The van der Waals surface area contributed by atoms with E-state index in [1.165, 1.54) is 6.42 Å². The topological polar surface area (TPSA) is 72.9 Å². The molecule has 1 unspecified atom stereocenters. The molecule has 4 rings (SSSR count). The van der Waals surface area contributed by atoms with Gasteiger partial charge in [-0.1, -0.05) is 5.16 Å². The Morgan fingerprint density at radius 3 is 2.81 bits per heavy atom. The standard InChI is InChI=1S/C19H24N6O/c1-13-19(14(2)26-23-13)18-7-16(20-11-21-18)6-15-4-5-25(8-15)10-17-9-24(3)12-22-17/h7,9,11-12,15H,4-6,8,10H2,1-3H3. The van der Waals surface area contributed by atoms with Gasteiger partial charge in [-0.05, 0) is 45.2 Å². The van der Waals surface area contributed by atoms with Crippen LogP contribution in [-0.4, -0.2) is 42.7 Å². The molecule has 0 aromatic carbocycles. The molecule has 0 amide bonds. The number of aromatic nitrogens is 5. The first-order chi connectivity index (χ1) is 12.6. The molecule has 0 aliphatic carbocycles. The summed E-state index contributed by atoms with van der Waals surface area (Å²) in [5, 5.41) is 4.03. The van der Waals surface area contributed by atoms with Crippen LogP contribution in [-0.2, 0) is 20.0 Å². The average molecular weight is 352 g/mol. The van der Waals surface area contributed by atoms with E-state index in [1.807, 2.05) is 31.8 Å². The Labute approximate surface area is 153 Å². The first-order valence-corrected chi connectivity index (χ1v) is 9.02. The van der Waals surface area contributed by atoms with Gasteiger partial charge < -0.3 is 9.09 Å². The summed E-state index contributed by atoms with van der Waals surface area (Å²) in [6.45, 7) is 6.99. The van der Waals surface area contributed by atoms with Crippen LogP contribution in [0.1, 0.15) is 29.3 Å². The Morgan fingerprint density at radius 1 is 1.19 bits per heavy atom. The molecule has 1 aliphatic heterocycles. The van der Waals surface area contributed by atoms with Crippen LogP contribution in [0.2, 0.25) is 0 Å². The van der Waals surface area contributed by atoms with Crippen LogP contribution in [0.5, 0.6) is 0 Å². The fourth-order valence-electron chi connectivity index (χ4n) is 3.79. The summed E-state index contributed by atoms with van der Waals surface area (Å²) in [5.41, 5.74) is 4.97. The van der Waals surface area contributed by atoms with Crippen molar-refractivity contribution in [3.8, 4) is 11.3 Å². The highest BCUT2D eigenvalue weighted by Gasteiger charge is 2.24. The number of hydrogen-bond acceptors (Lipinski definition) is 6. The molecule has 0 bridgehead atoms. The average Bonchev–Trinajstić information content (AvgIpc) is 3.30. The molecular formula is C19H24N6O. The van der Waals surface area contributed by atoms with Gasteiger partial charge in [0.25, 0.3) is 0 Å². The summed E-state index contributed by atoms with van der Waals surface area (Å²) in [6.07, 6.45) is 7.76. The van der Waals surface area contributed by atoms with E-state index < -0.39 is 0 Å². The molecule has 1 saturated heterocycles. The number of likely N-dealkylation sites (tertiary alicyclic amines) is 1. The van der Waals surface area contributed by atoms with E-state index in [4.69, 9.17) is 4.52 Å².